The third-order valence-corrected chi connectivity index (χ3v) is 4.60. The van der Waals surface area contributed by atoms with E-state index in [0.29, 0.717) is 11.7 Å². The molecule has 0 amide bonds. The highest BCUT2D eigenvalue weighted by molar-refractivity contribution is 5.91. The highest BCUT2D eigenvalue weighted by atomic mass is 16.3. The summed E-state index contributed by atoms with van der Waals surface area (Å²) in [6, 6.07) is 14.8. The number of fused-ring (bicyclic) bond motifs is 1. The molecule has 3 rings (SSSR count). The first kappa shape index (κ1) is 15.6. The quantitative estimate of drug-likeness (QED) is 0.596. The van der Waals surface area contributed by atoms with Crippen LogP contribution < -0.4 is 0 Å². The molecule has 0 saturated carbocycles. The Bertz CT molecular complexity index is 823. The topological polar surface area (TPSA) is 20.2 Å². The van der Waals surface area contributed by atoms with E-state index in [9.17, 15) is 5.11 Å². The summed E-state index contributed by atoms with van der Waals surface area (Å²) in [5.41, 5.74) is 9.89. The van der Waals surface area contributed by atoms with Gasteiger partial charge in [0.2, 0.25) is 0 Å². The first-order valence-corrected chi connectivity index (χ1v) is 8.21. The summed E-state index contributed by atoms with van der Waals surface area (Å²) in [6.07, 6.45) is 0. The molecule has 0 aromatic heterocycles. The smallest absolute Gasteiger partial charge is 0.116 e. The maximum atomic E-state index is 9.97. The Kier molecular flexibility index (Phi) is 3.89. The van der Waals surface area contributed by atoms with Gasteiger partial charge >= 0.3 is 0 Å². The van der Waals surface area contributed by atoms with Crippen LogP contribution in [0.4, 0.5) is 0 Å². The molecule has 2 aliphatic rings. The van der Waals surface area contributed by atoms with Gasteiger partial charge in [0.25, 0.3) is 0 Å². The molecule has 1 aromatic carbocycles. The molecule has 23 heavy (non-hydrogen) atoms. The number of aromatic hydroxyl groups is 1. The fourth-order valence-electron chi connectivity index (χ4n) is 3.34. The lowest BCUT2D eigenvalue weighted by molar-refractivity contribution is 0.475. The van der Waals surface area contributed by atoms with Crippen molar-refractivity contribution < 1.29 is 5.11 Å². The Balaban J connectivity index is 2.30. The van der Waals surface area contributed by atoms with E-state index in [2.05, 4.69) is 58.0 Å². The van der Waals surface area contributed by atoms with E-state index in [1.54, 1.807) is 6.07 Å². The van der Waals surface area contributed by atoms with Crippen molar-refractivity contribution in [3.05, 3.63) is 64.7 Å². The average molecular weight is 304 g/mol. The third-order valence-electron chi connectivity index (χ3n) is 4.60. The van der Waals surface area contributed by atoms with Crippen molar-refractivity contribution in [1.82, 2.24) is 0 Å². The van der Waals surface area contributed by atoms with Gasteiger partial charge in [-0.2, -0.15) is 0 Å². The van der Waals surface area contributed by atoms with Crippen molar-refractivity contribution in [2.45, 2.75) is 40.5 Å². The Morgan fingerprint density at radius 2 is 1.52 bits per heavy atom. The second-order valence-corrected chi connectivity index (χ2v) is 6.90. The van der Waals surface area contributed by atoms with Crippen LogP contribution in [0.5, 0.6) is 5.75 Å². The zero-order chi connectivity index (χ0) is 16.7. The van der Waals surface area contributed by atoms with Crippen LogP contribution in [0, 0.1) is 20.8 Å². The van der Waals surface area contributed by atoms with Gasteiger partial charge in [0.05, 0.1) is 0 Å². The van der Waals surface area contributed by atoms with E-state index in [1.807, 2.05) is 13.0 Å². The lowest BCUT2D eigenvalue weighted by Crippen LogP contribution is -1.84. The van der Waals surface area contributed by atoms with Crippen molar-refractivity contribution in [2.75, 3.05) is 0 Å². The summed E-state index contributed by atoms with van der Waals surface area (Å²) < 4.78 is 0. The van der Waals surface area contributed by atoms with Gasteiger partial charge < -0.3 is 5.11 Å². The van der Waals surface area contributed by atoms with Crippen LogP contribution in [0.1, 0.15) is 42.0 Å². The van der Waals surface area contributed by atoms with E-state index in [-0.39, 0.29) is 0 Å². The van der Waals surface area contributed by atoms with E-state index < -0.39 is 0 Å². The number of aryl methyl sites for hydroxylation is 3. The fourth-order valence-corrected chi connectivity index (χ4v) is 3.34. The van der Waals surface area contributed by atoms with Crippen molar-refractivity contribution in [3.63, 3.8) is 0 Å². The first-order chi connectivity index (χ1) is 10.9. The van der Waals surface area contributed by atoms with Gasteiger partial charge in [-0.25, -0.2) is 0 Å². The molecule has 1 heteroatoms. The van der Waals surface area contributed by atoms with E-state index in [1.165, 1.54) is 33.4 Å². The van der Waals surface area contributed by atoms with E-state index >= 15 is 0 Å². The predicted octanol–water partition coefficient (Wildman–Crippen LogP) is 6.21. The van der Waals surface area contributed by atoms with Crippen LogP contribution in [0.15, 0.2) is 42.5 Å². The zero-order valence-corrected chi connectivity index (χ0v) is 14.6. The highest BCUT2D eigenvalue weighted by Gasteiger charge is 2.18. The molecule has 0 radical (unpaired) electrons. The summed E-state index contributed by atoms with van der Waals surface area (Å²) in [7, 11) is 0. The lowest BCUT2D eigenvalue weighted by Gasteiger charge is -2.08. The van der Waals surface area contributed by atoms with E-state index in [4.69, 9.17) is 0 Å². The minimum absolute atomic E-state index is 0.327. The highest BCUT2D eigenvalue weighted by Crippen LogP contribution is 2.42. The number of rotatable bonds is 2. The molecular formula is C22H24O. The largest absolute Gasteiger partial charge is 0.508 e. The Morgan fingerprint density at radius 1 is 0.783 bits per heavy atom. The zero-order valence-electron chi connectivity index (χ0n) is 14.6. The maximum absolute atomic E-state index is 9.97. The van der Waals surface area contributed by atoms with Crippen LogP contribution in [0.2, 0.25) is 0 Å². The Morgan fingerprint density at radius 3 is 2.17 bits per heavy atom. The fraction of sp³-hybridized carbons (Fsp3) is 0.273. The van der Waals surface area contributed by atoms with Crippen molar-refractivity contribution in [1.29, 1.82) is 0 Å². The van der Waals surface area contributed by atoms with Crippen LogP contribution in [-0.2, 0) is 0 Å². The molecule has 0 atom stereocenters. The molecule has 0 heterocycles. The van der Waals surface area contributed by atoms with Crippen LogP contribution in [0.25, 0.3) is 22.3 Å². The summed E-state index contributed by atoms with van der Waals surface area (Å²) in [4.78, 5) is 0. The van der Waals surface area contributed by atoms with Gasteiger partial charge in [-0.1, -0.05) is 44.2 Å². The van der Waals surface area contributed by atoms with Gasteiger partial charge in [-0.15, -0.1) is 0 Å². The molecule has 118 valence electrons. The minimum Gasteiger partial charge on any atom is -0.508 e. The van der Waals surface area contributed by atoms with E-state index in [0.717, 1.165) is 11.1 Å². The SMILES string of the molecule is Cc1cc(O)cc(-c2cc(C)c3cc(C(C)C)ccc(C)c2-3)c1. The Labute approximate surface area is 139 Å². The summed E-state index contributed by atoms with van der Waals surface area (Å²) in [5.74, 6) is 0.832. The van der Waals surface area contributed by atoms with Crippen LogP contribution in [-0.4, -0.2) is 5.11 Å². The van der Waals surface area contributed by atoms with Gasteiger partial charge in [0.15, 0.2) is 0 Å². The second kappa shape index (κ2) is 5.73. The molecular weight excluding hydrogens is 280 g/mol. The van der Waals surface area contributed by atoms with Crippen LogP contribution >= 0.6 is 0 Å². The minimum atomic E-state index is 0.327. The predicted molar refractivity (Wildman–Crippen MR) is 98.5 cm³/mol. The monoisotopic (exact) mass is 304 g/mol. The van der Waals surface area contributed by atoms with Gasteiger partial charge in [-0.3, -0.25) is 0 Å². The maximum Gasteiger partial charge on any atom is 0.116 e. The first-order valence-electron chi connectivity index (χ1n) is 8.21. The lowest BCUT2D eigenvalue weighted by atomic mass is 9.97. The molecule has 1 N–H and O–H groups in total. The number of hydrogen-bond acceptors (Lipinski definition) is 1. The van der Waals surface area contributed by atoms with Gasteiger partial charge in [-0.05, 0) is 83.3 Å². The molecule has 1 aromatic rings. The van der Waals surface area contributed by atoms with Crippen molar-refractivity contribution in [2.24, 2.45) is 0 Å². The van der Waals surface area contributed by atoms with Crippen molar-refractivity contribution >= 4 is 0 Å². The third kappa shape index (κ3) is 2.84. The number of benzene rings is 1. The number of phenolic OH excluding ortho intramolecular Hbond substituents is 1. The molecule has 1 nitrogen and oxygen atoms in total. The second-order valence-electron chi connectivity index (χ2n) is 6.90. The molecule has 0 spiro atoms. The van der Waals surface area contributed by atoms with Gasteiger partial charge in [0, 0.05) is 0 Å². The number of phenols is 1. The molecule has 0 aliphatic heterocycles. The normalized spacial score (nSPS) is 11.4. The molecule has 2 aliphatic carbocycles. The summed E-state index contributed by atoms with van der Waals surface area (Å²) >= 11 is 0. The average Bonchev–Trinajstić information content (AvgIpc) is 2.67. The standard InChI is InChI=1S/C22H24O/c1-13(2)17-7-6-15(4)22-20(12-17)16(5)10-21(22)18-8-14(3)9-19(23)11-18/h6-13,23H,1-5H3. The number of hydrogen-bond donors (Lipinski definition) is 1. The molecule has 0 bridgehead atoms. The van der Waals surface area contributed by atoms with Gasteiger partial charge in [0.1, 0.15) is 5.75 Å². The molecule has 0 unspecified atom stereocenters. The molecule has 0 saturated heterocycles. The summed E-state index contributed by atoms with van der Waals surface area (Å²) in [5, 5.41) is 9.97. The Hall–Kier alpha value is -2.28. The summed E-state index contributed by atoms with van der Waals surface area (Å²) in [6.45, 7) is 10.8. The molecule has 0 fully saturated rings. The van der Waals surface area contributed by atoms with Crippen LogP contribution in [0.3, 0.4) is 0 Å². The van der Waals surface area contributed by atoms with Crippen molar-refractivity contribution in [3.8, 4) is 28.0 Å².